The SMILES string of the molecule is CC(C)(C)c1cc(-c2nccc3c2sc2ccc4ccsc4c23)cc2ccsc12. The van der Waals surface area contributed by atoms with Gasteiger partial charge in [-0.1, -0.05) is 26.8 Å². The molecule has 0 saturated carbocycles. The molecule has 0 N–H and O–H groups in total. The zero-order chi connectivity index (χ0) is 19.8. The first-order valence-corrected chi connectivity index (χ1v) is 12.3. The smallest absolute Gasteiger partial charge is 0.0880 e. The Kier molecular flexibility index (Phi) is 3.71. The van der Waals surface area contributed by atoms with E-state index in [0.717, 1.165) is 5.69 Å². The number of thiophene rings is 3. The van der Waals surface area contributed by atoms with Gasteiger partial charge in [-0.05, 0) is 68.9 Å². The highest BCUT2D eigenvalue weighted by Gasteiger charge is 2.21. The number of rotatable bonds is 1. The minimum atomic E-state index is 0.0936. The van der Waals surface area contributed by atoms with Gasteiger partial charge in [-0.25, -0.2) is 0 Å². The van der Waals surface area contributed by atoms with Crippen LogP contribution in [0.25, 0.3) is 51.6 Å². The van der Waals surface area contributed by atoms with Crippen LogP contribution >= 0.6 is 34.0 Å². The van der Waals surface area contributed by atoms with E-state index in [1.165, 1.54) is 51.5 Å². The molecule has 0 unspecified atom stereocenters. The molecule has 4 heteroatoms. The van der Waals surface area contributed by atoms with Crippen LogP contribution in [0.15, 0.2) is 59.4 Å². The number of aromatic nitrogens is 1. The number of nitrogens with zero attached hydrogens (tertiary/aromatic N) is 1. The van der Waals surface area contributed by atoms with Crippen LogP contribution in [0.2, 0.25) is 0 Å². The molecule has 2 aromatic carbocycles. The number of fused-ring (bicyclic) bond motifs is 6. The second kappa shape index (κ2) is 6.11. The minimum absolute atomic E-state index is 0.0936. The number of hydrogen-bond acceptors (Lipinski definition) is 4. The summed E-state index contributed by atoms with van der Waals surface area (Å²) in [7, 11) is 0. The molecule has 0 radical (unpaired) electrons. The van der Waals surface area contributed by atoms with Gasteiger partial charge < -0.3 is 0 Å². The molecule has 1 nitrogen and oxygen atoms in total. The van der Waals surface area contributed by atoms with Crippen molar-refractivity contribution in [1.82, 2.24) is 4.98 Å². The van der Waals surface area contributed by atoms with Crippen LogP contribution in [-0.2, 0) is 5.41 Å². The monoisotopic (exact) mass is 429 g/mol. The molecule has 0 atom stereocenters. The van der Waals surface area contributed by atoms with Crippen molar-refractivity contribution in [3.05, 3.63) is 65.0 Å². The van der Waals surface area contributed by atoms with Crippen molar-refractivity contribution >= 4 is 74.4 Å². The van der Waals surface area contributed by atoms with Gasteiger partial charge in [0.2, 0.25) is 0 Å². The second-order valence-electron chi connectivity index (χ2n) is 8.53. The predicted molar refractivity (Wildman–Crippen MR) is 132 cm³/mol. The van der Waals surface area contributed by atoms with Crippen molar-refractivity contribution in [2.24, 2.45) is 0 Å². The Morgan fingerprint density at radius 3 is 2.41 bits per heavy atom. The van der Waals surface area contributed by atoms with Gasteiger partial charge in [0.15, 0.2) is 0 Å². The van der Waals surface area contributed by atoms with Crippen molar-refractivity contribution < 1.29 is 0 Å². The largest absolute Gasteiger partial charge is 0.255 e. The first-order valence-electron chi connectivity index (χ1n) is 9.70. The van der Waals surface area contributed by atoms with Crippen molar-refractivity contribution in [3.8, 4) is 11.3 Å². The summed E-state index contributed by atoms with van der Waals surface area (Å²) in [6.07, 6.45) is 1.98. The molecule has 0 bridgehead atoms. The van der Waals surface area contributed by atoms with Crippen molar-refractivity contribution in [2.45, 2.75) is 26.2 Å². The maximum Gasteiger partial charge on any atom is 0.0880 e. The van der Waals surface area contributed by atoms with E-state index in [1.54, 1.807) is 0 Å². The van der Waals surface area contributed by atoms with E-state index in [0.29, 0.717) is 0 Å². The summed E-state index contributed by atoms with van der Waals surface area (Å²) in [4.78, 5) is 4.87. The highest BCUT2D eigenvalue weighted by molar-refractivity contribution is 7.27. The molecule has 6 rings (SSSR count). The molecule has 29 heavy (non-hydrogen) atoms. The van der Waals surface area contributed by atoms with E-state index in [2.05, 4.69) is 74.0 Å². The topological polar surface area (TPSA) is 12.9 Å². The first-order chi connectivity index (χ1) is 14.0. The lowest BCUT2D eigenvalue weighted by atomic mass is 9.85. The number of pyridine rings is 1. The van der Waals surface area contributed by atoms with Crippen LogP contribution < -0.4 is 0 Å². The Hall–Kier alpha value is -2.27. The molecule has 6 aromatic rings. The summed E-state index contributed by atoms with van der Waals surface area (Å²) in [5.74, 6) is 0. The van der Waals surface area contributed by atoms with Crippen molar-refractivity contribution in [1.29, 1.82) is 0 Å². The average molecular weight is 430 g/mol. The van der Waals surface area contributed by atoms with E-state index < -0.39 is 0 Å². The molecule has 0 spiro atoms. The predicted octanol–water partition coefficient (Wildman–Crippen LogP) is 8.84. The average Bonchev–Trinajstić information content (AvgIpc) is 3.42. The Labute approximate surface area is 181 Å². The zero-order valence-electron chi connectivity index (χ0n) is 16.4. The van der Waals surface area contributed by atoms with E-state index in [-0.39, 0.29) is 5.41 Å². The lowest BCUT2D eigenvalue weighted by Gasteiger charge is -2.21. The van der Waals surface area contributed by atoms with Gasteiger partial charge in [0.1, 0.15) is 0 Å². The lowest BCUT2D eigenvalue weighted by Crippen LogP contribution is -2.11. The fraction of sp³-hybridized carbons (Fsp3) is 0.160. The molecule has 4 aromatic heterocycles. The molecule has 142 valence electrons. The summed E-state index contributed by atoms with van der Waals surface area (Å²) in [6, 6.07) is 15.8. The maximum atomic E-state index is 4.87. The van der Waals surface area contributed by atoms with Gasteiger partial charge in [-0.15, -0.1) is 34.0 Å². The van der Waals surface area contributed by atoms with E-state index in [4.69, 9.17) is 4.98 Å². The third-order valence-corrected chi connectivity index (χ3v) is 8.69. The Bertz CT molecular complexity index is 1540. The van der Waals surface area contributed by atoms with Crippen LogP contribution in [-0.4, -0.2) is 4.98 Å². The van der Waals surface area contributed by atoms with Gasteiger partial charge in [0.25, 0.3) is 0 Å². The van der Waals surface area contributed by atoms with Gasteiger partial charge in [-0.2, -0.15) is 0 Å². The Morgan fingerprint density at radius 1 is 0.793 bits per heavy atom. The van der Waals surface area contributed by atoms with Gasteiger partial charge in [0.05, 0.1) is 10.4 Å². The van der Waals surface area contributed by atoms with Crippen LogP contribution in [0.3, 0.4) is 0 Å². The Balaban J connectivity index is 1.71. The van der Waals surface area contributed by atoms with Crippen LogP contribution in [0.1, 0.15) is 26.3 Å². The highest BCUT2D eigenvalue weighted by Crippen LogP contribution is 2.44. The summed E-state index contributed by atoms with van der Waals surface area (Å²) < 4.78 is 5.41. The van der Waals surface area contributed by atoms with Crippen molar-refractivity contribution in [3.63, 3.8) is 0 Å². The maximum absolute atomic E-state index is 4.87. The Morgan fingerprint density at radius 2 is 1.59 bits per heavy atom. The van der Waals surface area contributed by atoms with Gasteiger partial charge >= 0.3 is 0 Å². The molecule has 4 heterocycles. The molecule has 0 amide bonds. The molecule has 0 fully saturated rings. The van der Waals surface area contributed by atoms with Crippen LogP contribution in [0, 0.1) is 0 Å². The van der Waals surface area contributed by atoms with Gasteiger partial charge in [0, 0.05) is 36.6 Å². The second-order valence-corrected chi connectivity index (χ2v) is 11.4. The molecule has 0 aliphatic carbocycles. The molecule has 0 saturated heterocycles. The zero-order valence-corrected chi connectivity index (χ0v) is 18.9. The minimum Gasteiger partial charge on any atom is -0.255 e. The fourth-order valence-corrected chi connectivity index (χ4v) is 7.54. The summed E-state index contributed by atoms with van der Waals surface area (Å²) in [6.45, 7) is 6.89. The fourth-order valence-electron chi connectivity index (χ4n) is 4.19. The third-order valence-electron chi connectivity index (χ3n) is 5.60. The standard InChI is InChI=1S/C25H19NS3/c1-25(2,3)18-13-16(12-15-8-11-27-22(15)18)21-24-17(6-9-26-21)20-19(29-24)5-4-14-7-10-28-23(14)20/h4-13H,1-3H3. The number of benzene rings is 2. The van der Waals surface area contributed by atoms with Gasteiger partial charge in [-0.3, -0.25) is 4.98 Å². The summed E-state index contributed by atoms with van der Waals surface area (Å²) in [5, 5.41) is 9.74. The van der Waals surface area contributed by atoms with Crippen LogP contribution in [0.5, 0.6) is 0 Å². The molecule has 0 aliphatic heterocycles. The normalized spacial score (nSPS) is 12.7. The van der Waals surface area contributed by atoms with Crippen molar-refractivity contribution in [2.75, 3.05) is 0 Å². The third kappa shape index (κ3) is 2.59. The first kappa shape index (κ1) is 17.6. The quantitative estimate of drug-likeness (QED) is 0.254. The van der Waals surface area contributed by atoms with E-state index in [9.17, 15) is 0 Å². The highest BCUT2D eigenvalue weighted by atomic mass is 32.1. The molecular weight excluding hydrogens is 410 g/mol. The summed E-state index contributed by atoms with van der Waals surface area (Å²) >= 11 is 5.54. The van der Waals surface area contributed by atoms with E-state index in [1.807, 2.05) is 40.2 Å². The number of hydrogen-bond donors (Lipinski definition) is 0. The molecular formula is C25H19NS3. The van der Waals surface area contributed by atoms with Crippen LogP contribution in [0.4, 0.5) is 0 Å². The van der Waals surface area contributed by atoms with E-state index >= 15 is 0 Å². The molecule has 0 aliphatic rings. The summed E-state index contributed by atoms with van der Waals surface area (Å²) in [5.41, 5.74) is 3.82. The lowest BCUT2D eigenvalue weighted by molar-refractivity contribution is 0.597.